The number of ether oxygens (including phenoxy) is 1. The van der Waals surface area contributed by atoms with Crippen LogP contribution in [0.4, 0.5) is 18.0 Å². The average Bonchev–Trinajstić information content (AvgIpc) is 3.08. The molecule has 2 aromatic carbocycles. The highest BCUT2D eigenvalue weighted by Gasteiger charge is 2.69. The van der Waals surface area contributed by atoms with Crippen LogP contribution in [0.3, 0.4) is 0 Å². The van der Waals surface area contributed by atoms with E-state index in [9.17, 15) is 27.6 Å². The van der Waals surface area contributed by atoms with E-state index in [1.54, 1.807) is 62.4 Å². The summed E-state index contributed by atoms with van der Waals surface area (Å²) in [5.74, 6) is -1.63. The number of urea groups is 1. The van der Waals surface area contributed by atoms with Gasteiger partial charge in [-0.15, -0.1) is 24.9 Å². The van der Waals surface area contributed by atoms with E-state index in [2.05, 4.69) is 5.32 Å². The summed E-state index contributed by atoms with van der Waals surface area (Å²) < 4.78 is 46.4. The highest BCUT2D eigenvalue weighted by Crippen LogP contribution is 2.53. The first-order valence-corrected chi connectivity index (χ1v) is 12.3. The Morgan fingerprint density at radius 2 is 1.64 bits per heavy atom. The number of carbonyl (C=O) groups is 3. The molecular weight excluding hydrogens is 495 g/mol. The summed E-state index contributed by atoms with van der Waals surface area (Å²) in [6.07, 6.45) is -4.75. The van der Waals surface area contributed by atoms with Gasteiger partial charge in [0, 0.05) is 11.3 Å². The van der Waals surface area contributed by atoms with Crippen LogP contribution in [0.2, 0.25) is 0 Å². The lowest BCUT2D eigenvalue weighted by Crippen LogP contribution is -2.74. The summed E-state index contributed by atoms with van der Waals surface area (Å²) in [4.78, 5) is 39.3. The van der Waals surface area contributed by atoms with Crippen LogP contribution in [0, 0.1) is 0 Å². The molecule has 192 valence electrons. The monoisotopic (exact) mass is 521 g/mol. The van der Waals surface area contributed by atoms with E-state index in [0.29, 0.717) is 6.42 Å². The molecule has 0 spiro atoms. The summed E-state index contributed by atoms with van der Waals surface area (Å²) in [6.45, 7) is 3.29. The number of nitrogens with zero attached hydrogens (tertiary/aromatic N) is 2. The van der Waals surface area contributed by atoms with Gasteiger partial charge in [0.05, 0.1) is 0 Å². The minimum absolute atomic E-state index is 0.0223. The van der Waals surface area contributed by atoms with Crippen molar-refractivity contribution in [3.63, 3.8) is 0 Å². The fourth-order valence-corrected chi connectivity index (χ4v) is 6.13. The number of amides is 3. The number of alkyl halides is 3. The van der Waals surface area contributed by atoms with Gasteiger partial charge in [-0.3, -0.25) is 4.79 Å². The minimum atomic E-state index is -5.08. The van der Waals surface area contributed by atoms with E-state index in [1.165, 1.54) is 0 Å². The van der Waals surface area contributed by atoms with Crippen LogP contribution in [0.1, 0.15) is 25.0 Å². The second-order valence-electron chi connectivity index (χ2n) is 9.10. The molecule has 0 aliphatic carbocycles. The van der Waals surface area contributed by atoms with Gasteiger partial charge in [0.2, 0.25) is 0 Å². The molecule has 0 radical (unpaired) electrons. The number of nitrogens with one attached hydrogen (secondary N) is 1. The Morgan fingerprint density at radius 1 is 1.06 bits per heavy atom. The number of hydrogen-bond donors (Lipinski definition) is 1. The Kier molecular flexibility index (Phi) is 7.21. The number of β-lactam (4-membered cyclic amide) rings is 1. The van der Waals surface area contributed by atoms with Crippen molar-refractivity contribution < 1.29 is 32.3 Å². The van der Waals surface area contributed by atoms with E-state index in [0.717, 1.165) is 27.8 Å². The van der Waals surface area contributed by atoms with Crippen LogP contribution < -0.4 is 5.32 Å². The zero-order valence-corrected chi connectivity index (χ0v) is 20.5. The van der Waals surface area contributed by atoms with Crippen LogP contribution in [-0.2, 0) is 27.4 Å². The number of halogens is 3. The van der Waals surface area contributed by atoms with Gasteiger partial charge in [0.1, 0.15) is 18.0 Å². The molecule has 36 heavy (non-hydrogen) atoms. The molecule has 2 heterocycles. The number of esters is 1. The number of carbonyl (C=O) groups excluding carboxylic acids is 3. The Morgan fingerprint density at radius 3 is 2.22 bits per heavy atom. The van der Waals surface area contributed by atoms with Crippen molar-refractivity contribution >= 4 is 29.7 Å². The summed E-state index contributed by atoms with van der Waals surface area (Å²) in [5, 5.41) is 1.25. The fourth-order valence-electron chi connectivity index (χ4n) is 4.46. The summed E-state index contributed by atoms with van der Waals surface area (Å²) >= 11 is 1.05. The van der Waals surface area contributed by atoms with E-state index in [-0.39, 0.29) is 18.1 Å². The van der Waals surface area contributed by atoms with Gasteiger partial charge in [-0.1, -0.05) is 60.7 Å². The molecule has 4 rings (SSSR count). The topological polar surface area (TPSA) is 79.0 Å². The van der Waals surface area contributed by atoms with E-state index >= 15 is 0 Å². The summed E-state index contributed by atoms with van der Waals surface area (Å²) in [7, 11) is 0. The van der Waals surface area contributed by atoms with Crippen molar-refractivity contribution in [2.45, 2.75) is 55.4 Å². The molecule has 2 aliphatic rings. The third-order valence-corrected chi connectivity index (χ3v) is 7.72. The molecule has 2 fully saturated rings. The molecule has 0 bridgehead atoms. The van der Waals surface area contributed by atoms with Gasteiger partial charge < -0.3 is 15.0 Å². The molecule has 2 aliphatic heterocycles. The largest absolute Gasteiger partial charge is 0.489 e. The van der Waals surface area contributed by atoms with Crippen molar-refractivity contribution in [2.75, 3.05) is 6.54 Å². The van der Waals surface area contributed by atoms with E-state index in [4.69, 9.17) is 4.74 Å². The molecule has 0 saturated carbocycles. The zero-order valence-electron chi connectivity index (χ0n) is 19.7. The Hall–Kier alpha value is -3.21. The van der Waals surface area contributed by atoms with Crippen LogP contribution in [0.15, 0.2) is 60.7 Å². The average molecular weight is 522 g/mol. The van der Waals surface area contributed by atoms with Gasteiger partial charge in [-0.2, -0.15) is 0 Å². The Bertz CT molecular complexity index is 1110. The quantitative estimate of drug-likeness (QED) is 0.339. The van der Waals surface area contributed by atoms with Crippen LogP contribution in [-0.4, -0.2) is 62.8 Å². The standard InChI is InChI=1S/C25H26F3N3O4S/c1-24(2)19(22(33)35-15-17-11-7-4-8-12-17)30-20(32)18(21(30)36-24)31(25(26,27)28)23(34)29-14-13-16-9-5-3-6-10-16/h3-12,18-19,21H,13-15H2,1-2H3,(H,29,34)/t18-,19+,21-/m0/s1. The second-order valence-corrected chi connectivity index (χ2v) is 10.9. The van der Waals surface area contributed by atoms with E-state index < -0.39 is 46.4 Å². The maximum absolute atomic E-state index is 14.0. The predicted molar refractivity (Wildman–Crippen MR) is 128 cm³/mol. The number of rotatable bonds is 7. The Labute approximate surface area is 211 Å². The third-order valence-electron chi connectivity index (χ3n) is 6.16. The number of fused-ring (bicyclic) bond motifs is 1. The first-order valence-electron chi connectivity index (χ1n) is 11.4. The predicted octanol–water partition coefficient (Wildman–Crippen LogP) is 3.93. The molecule has 11 heteroatoms. The lowest BCUT2D eigenvalue weighted by atomic mass is 9.95. The Balaban J connectivity index is 1.45. The third kappa shape index (κ3) is 5.16. The maximum Gasteiger partial charge on any atom is 0.489 e. The first-order chi connectivity index (χ1) is 17.0. The van der Waals surface area contributed by atoms with Gasteiger partial charge in [0.25, 0.3) is 5.91 Å². The van der Waals surface area contributed by atoms with Crippen LogP contribution in [0.5, 0.6) is 0 Å². The van der Waals surface area contributed by atoms with Crippen molar-refractivity contribution in [2.24, 2.45) is 0 Å². The molecule has 2 aromatic rings. The van der Waals surface area contributed by atoms with Crippen LogP contribution >= 0.6 is 11.8 Å². The van der Waals surface area contributed by atoms with Crippen molar-refractivity contribution in [1.82, 2.24) is 15.1 Å². The van der Waals surface area contributed by atoms with Gasteiger partial charge in [-0.05, 0) is 31.4 Å². The zero-order chi connectivity index (χ0) is 26.1. The normalized spacial score (nSPS) is 22.4. The lowest BCUT2D eigenvalue weighted by molar-refractivity contribution is -0.247. The molecule has 3 atom stereocenters. The SMILES string of the molecule is CC1(C)S[C@H]2[C@@H](N(C(=O)NCCc3ccccc3)C(F)(F)F)C(=O)N2[C@@H]1C(=O)OCc1ccccc1. The first kappa shape index (κ1) is 25.9. The molecule has 7 nitrogen and oxygen atoms in total. The molecule has 1 N–H and O–H groups in total. The van der Waals surface area contributed by atoms with Crippen molar-refractivity contribution in [1.29, 1.82) is 0 Å². The van der Waals surface area contributed by atoms with Crippen LogP contribution in [0.25, 0.3) is 0 Å². The van der Waals surface area contributed by atoms with Crippen molar-refractivity contribution in [3.8, 4) is 0 Å². The second kappa shape index (κ2) is 10.0. The van der Waals surface area contributed by atoms with Gasteiger partial charge in [0.15, 0.2) is 6.04 Å². The minimum Gasteiger partial charge on any atom is -0.459 e. The number of hydrogen-bond acceptors (Lipinski definition) is 5. The van der Waals surface area contributed by atoms with Gasteiger partial charge >= 0.3 is 18.3 Å². The fraction of sp³-hybridized carbons (Fsp3) is 0.400. The van der Waals surface area contributed by atoms with Gasteiger partial charge in [-0.25, -0.2) is 14.5 Å². The smallest absolute Gasteiger partial charge is 0.459 e. The molecular formula is C25H26F3N3O4S. The number of benzene rings is 2. The maximum atomic E-state index is 14.0. The highest BCUT2D eigenvalue weighted by atomic mass is 32.2. The molecule has 3 amide bonds. The molecule has 2 saturated heterocycles. The highest BCUT2D eigenvalue weighted by molar-refractivity contribution is 8.01. The number of thioether (sulfide) groups is 1. The summed E-state index contributed by atoms with van der Waals surface area (Å²) in [5.41, 5.74) is 1.60. The van der Waals surface area contributed by atoms with E-state index in [1.807, 2.05) is 12.1 Å². The van der Waals surface area contributed by atoms with Crippen molar-refractivity contribution in [3.05, 3.63) is 71.8 Å². The summed E-state index contributed by atoms with van der Waals surface area (Å²) in [6, 6.07) is 13.7. The molecule has 0 unspecified atom stereocenters. The molecule has 0 aromatic heterocycles. The lowest BCUT2D eigenvalue weighted by Gasteiger charge is -2.48.